The van der Waals surface area contributed by atoms with Crippen molar-refractivity contribution in [3.05, 3.63) is 48.3 Å². The largest absolute Gasteiger partial charge is 0.390 e. The third-order valence-corrected chi connectivity index (χ3v) is 3.34. The first-order valence-corrected chi connectivity index (χ1v) is 5.85. The first-order chi connectivity index (χ1) is 8.16. The van der Waals surface area contributed by atoms with Gasteiger partial charge in [0.2, 0.25) is 0 Å². The number of aliphatic hydroxyl groups excluding tert-OH is 1. The zero-order chi connectivity index (χ0) is 12.3. The van der Waals surface area contributed by atoms with Crippen LogP contribution >= 0.6 is 9.24 Å². The van der Waals surface area contributed by atoms with E-state index in [4.69, 9.17) is 0 Å². The number of hydrogen-bond donors (Lipinski definition) is 1. The number of rotatable bonds is 4. The Morgan fingerprint density at radius 1 is 1.35 bits per heavy atom. The lowest BCUT2D eigenvalue weighted by molar-refractivity contribution is 0.146. The molecule has 90 valence electrons. The van der Waals surface area contributed by atoms with Crippen LogP contribution in [0.15, 0.2) is 36.9 Å². The summed E-state index contributed by atoms with van der Waals surface area (Å²) in [7, 11) is 2.56. The summed E-state index contributed by atoms with van der Waals surface area (Å²) in [5.74, 6) is -0.281. The summed E-state index contributed by atoms with van der Waals surface area (Å²) in [4.78, 5) is 3.80. The molecule has 2 aromatic rings. The third-order valence-electron chi connectivity index (χ3n) is 2.51. The van der Waals surface area contributed by atoms with Gasteiger partial charge in [-0.2, -0.15) is 5.10 Å². The topological polar surface area (TPSA) is 50.9 Å². The highest BCUT2D eigenvalue weighted by Crippen LogP contribution is 2.27. The molecule has 6 heteroatoms. The van der Waals surface area contributed by atoms with Crippen molar-refractivity contribution >= 4 is 9.24 Å². The van der Waals surface area contributed by atoms with Crippen LogP contribution in [-0.4, -0.2) is 26.0 Å². The standard InChI is InChI=1S/C11H13FN3OP/c12-9-3-1-8(2-4-9)11(17)10(16)5-15-7-13-6-14-15/h1-4,6-7,10-11,16H,5,17H2. The summed E-state index contributed by atoms with van der Waals surface area (Å²) in [5.41, 5.74) is 0.698. The summed E-state index contributed by atoms with van der Waals surface area (Å²) < 4.78 is 14.3. The minimum Gasteiger partial charge on any atom is -0.390 e. The van der Waals surface area contributed by atoms with Gasteiger partial charge >= 0.3 is 0 Å². The van der Waals surface area contributed by atoms with Gasteiger partial charge in [-0.1, -0.05) is 12.1 Å². The fraction of sp³-hybridized carbons (Fsp3) is 0.273. The molecule has 3 unspecified atom stereocenters. The van der Waals surface area contributed by atoms with Crippen molar-refractivity contribution in [3.8, 4) is 0 Å². The number of aliphatic hydroxyl groups is 1. The maximum absolute atomic E-state index is 12.8. The highest BCUT2D eigenvalue weighted by molar-refractivity contribution is 7.17. The average Bonchev–Trinajstić information content (AvgIpc) is 2.82. The molecule has 0 fully saturated rings. The summed E-state index contributed by atoms with van der Waals surface area (Å²) in [6.07, 6.45) is 2.35. The molecular weight excluding hydrogens is 240 g/mol. The minimum atomic E-state index is -0.618. The van der Waals surface area contributed by atoms with Crippen LogP contribution in [-0.2, 0) is 6.54 Å². The van der Waals surface area contributed by atoms with Gasteiger partial charge in [0.1, 0.15) is 18.5 Å². The van der Waals surface area contributed by atoms with Gasteiger partial charge in [0.15, 0.2) is 0 Å². The van der Waals surface area contributed by atoms with E-state index in [-0.39, 0.29) is 11.5 Å². The van der Waals surface area contributed by atoms with Gasteiger partial charge in [-0.25, -0.2) is 9.37 Å². The van der Waals surface area contributed by atoms with Gasteiger partial charge in [0, 0.05) is 5.66 Å². The molecule has 1 aromatic carbocycles. The van der Waals surface area contributed by atoms with E-state index in [1.807, 2.05) is 0 Å². The van der Waals surface area contributed by atoms with E-state index < -0.39 is 6.10 Å². The van der Waals surface area contributed by atoms with Crippen molar-refractivity contribution in [2.24, 2.45) is 0 Å². The summed E-state index contributed by atoms with van der Waals surface area (Å²) in [6, 6.07) is 6.10. The molecule has 1 aromatic heterocycles. The molecule has 0 bridgehead atoms. The van der Waals surface area contributed by atoms with Crippen LogP contribution in [0.25, 0.3) is 0 Å². The number of halogens is 1. The molecule has 0 aliphatic heterocycles. The van der Waals surface area contributed by atoms with Crippen molar-refractivity contribution in [1.82, 2.24) is 14.8 Å². The highest BCUT2D eigenvalue weighted by Gasteiger charge is 2.17. The van der Waals surface area contributed by atoms with Gasteiger partial charge in [0.25, 0.3) is 0 Å². The second-order valence-electron chi connectivity index (χ2n) is 3.76. The molecule has 2 rings (SSSR count). The van der Waals surface area contributed by atoms with Crippen LogP contribution in [0.4, 0.5) is 4.39 Å². The molecule has 0 saturated heterocycles. The van der Waals surface area contributed by atoms with E-state index in [2.05, 4.69) is 19.3 Å². The zero-order valence-corrected chi connectivity index (χ0v) is 10.2. The van der Waals surface area contributed by atoms with E-state index in [9.17, 15) is 9.50 Å². The van der Waals surface area contributed by atoms with E-state index in [0.717, 1.165) is 5.56 Å². The van der Waals surface area contributed by atoms with Crippen molar-refractivity contribution in [2.45, 2.75) is 18.3 Å². The van der Waals surface area contributed by atoms with Crippen LogP contribution in [0.3, 0.4) is 0 Å². The Balaban J connectivity index is 2.04. The van der Waals surface area contributed by atoms with E-state index in [1.54, 1.807) is 23.1 Å². The van der Waals surface area contributed by atoms with Gasteiger partial charge in [-0.05, 0) is 17.7 Å². The number of nitrogens with zero attached hydrogens (tertiary/aromatic N) is 3. The Kier molecular flexibility index (Phi) is 3.82. The van der Waals surface area contributed by atoms with Gasteiger partial charge in [-0.3, -0.25) is 4.68 Å². The normalized spacial score (nSPS) is 14.5. The van der Waals surface area contributed by atoms with Crippen LogP contribution in [0.2, 0.25) is 0 Å². The quantitative estimate of drug-likeness (QED) is 0.838. The molecule has 1 heterocycles. The number of benzene rings is 1. The van der Waals surface area contributed by atoms with Crippen molar-refractivity contribution in [1.29, 1.82) is 0 Å². The lowest BCUT2D eigenvalue weighted by atomic mass is 10.1. The summed E-state index contributed by atoms with van der Waals surface area (Å²) in [6.45, 7) is 0.353. The predicted molar refractivity (Wildman–Crippen MR) is 64.9 cm³/mol. The van der Waals surface area contributed by atoms with Crippen molar-refractivity contribution < 1.29 is 9.50 Å². The first-order valence-electron chi connectivity index (χ1n) is 5.18. The Morgan fingerprint density at radius 2 is 2.06 bits per heavy atom. The molecule has 4 nitrogen and oxygen atoms in total. The number of hydrogen-bond acceptors (Lipinski definition) is 3. The maximum Gasteiger partial charge on any atom is 0.137 e. The number of aromatic nitrogens is 3. The van der Waals surface area contributed by atoms with Crippen molar-refractivity contribution in [2.75, 3.05) is 0 Å². The molecule has 0 saturated carbocycles. The Hall–Kier alpha value is -1.32. The van der Waals surface area contributed by atoms with Crippen LogP contribution in [0.5, 0.6) is 0 Å². The molecule has 0 aliphatic rings. The van der Waals surface area contributed by atoms with Crippen LogP contribution in [0, 0.1) is 5.82 Å². The minimum absolute atomic E-state index is 0.167. The Morgan fingerprint density at radius 3 is 2.65 bits per heavy atom. The van der Waals surface area contributed by atoms with Crippen LogP contribution in [0.1, 0.15) is 11.2 Å². The smallest absolute Gasteiger partial charge is 0.137 e. The molecule has 17 heavy (non-hydrogen) atoms. The molecule has 3 atom stereocenters. The lowest BCUT2D eigenvalue weighted by Crippen LogP contribution is -2.21. The van der Waals surface area contributed by atoms with Gasteiger partial charge in [-0.15, -0.1) is 9.24 Å². The highest BCUT2D eigenvalue weighted by atomic mass is 31.0. The van der Waals surface area contributed by atoms with E-state index >= 15 is 0 Å². The fourth-order valence-electron chi connectivity index (χ4n) is 1.54. The van der Waals surface area contributed by atoms with Gasteiger partial charge < -0.3 is 5.11 Å². The molecule has 0 radical (unpaired) electrons. The van der Waals surface area contributed by atoms with Crippen LogP contribution < -0.4 is 0 Å². The Bertz CT molecular complexity index is 460. The predicted octanol–water partition coefficient (Wildman–Crippen LogP) is 1.39. The molecule has 0 spiro atoms. The summed E-state index contributed by atoms with van der Waals surface area (Å²) >= 11 is 0. The zero-order valence-electron chi connectivity index (χ0n) is 9.07. The summed E-state index contributed by atoms with van der Waals surface area (Å²) in [5, 5.41) is 13.9. The maximum atomic E-state index is 12.8. The molecule has 1 N–H and O–H groups in total. The molecule has 0 amide bonds. The molecular formula is C11H13FN3OP. The first kappa shape index (κ1) is 12.1. The average molecular weight is 253 g/mol. The second-order valence-corrected chi connectivity index (χ2v) is 4.48. The SMILES string of the molecule is OC(Cn1cncn1)C(P)c1ccc(F)cc1. The lowest BCUT2D eigenvalue weighted by Gasteiger charge is -2.18. The second kappa shape index (κ2) is 5.34. The van der Waals surface area contributed by atoms with E-state index in [0.29, 0.717) is 6.54 Å². The molecule has 0 aliphatic carbocycles. The fourth-order valence-corrected chi connectivity index (χ4v) is 1.88. The van der Waals surface area contributed by atoms with Crippen molar-refractivity contribution in [3.63, 3.8) is 0 Å². The van der Waals surface area contributed by atoms with Gasteiger partial charge in [0.05, 0.1) is 12.6 Å². The van der Waals surface area contributed by atoms with E-state index in [1.165, 1.54) is 18.5 Å². The Labute approximate surface area is 101 Å². The monoisotopic (exact) mass is 253 g/mol. The third kappa shape index (κ3) is 3.08.